The fourth-order valence-corrected chi connectivity index (χ4v) is 1.70. The molecule has 0 aliphatic heterocycles. The molecule has 0 spiro atoms. The Morgan fingerprint density at radius 1 is 1.33 bits per heavy atom. The first kappa shape index (κ1) is 16.6. The molecule has 0 saturated heterocycles. The third kappa shape index (κ3) is 6.33. The number of ether oxygens (including phenoxy) is 1. The molecule has 0 aromatic carbocycles. The number of methoxy groups -OCH3 is 1. The minimum absolute atomic E-state index is 0.434. The van der Waals surface area contributed by atoms with E-state index in [1.165, 1.54) is 14.0 Å². The molecule has 0 saturated carbocycles. The molecule has 2 unspecified atom stereocenters. The largest absolute Gasteiger partial charge is 0.467 e. The van der Waals surface area contributed by atoms with E-state index in [0.717, 1.165) is 0 Å². The van der Waals surface area contributed by atoms with Crippen LogP contribution in [0, 0.1) is 0 Å². The molecule has 2 atom stereocenters. The van der Waals surface area contributed by atoms with Crippen molar-refractivity contribution in [1.29, 1.82) is 0 Å². The van der Waals surface area contributed by atoms with Gasteiger partial charge in [-0.25, -0.2) is 9.59 Å². The Kier molecular flexibility index (Phi) is 7.93. The molecule has 0 aromatic rings. The molecule has 104 valence electrons. The van der Waals surface area contributed by atoms with Gasteiger partial charge in [0.15, 0.2) is 0 Å². The van der Waals surface area contributed by atoms with Crippen molar-refractivity contribution in [2.45, 2.75) is 25.4 Å². The number of hydrogen-bond donors (Lipinski definition) is 3. The predicted octanol–water partition coefficient (Wildman–Crippen LogP) is -0.546. The van der Waals surface area contributed by atoms with Gasteiger partial charge in [-0.15, -0.1) is 0 Å². The maximum absolute atomic E-state index is 11.8. The van der Waals surface area contributed by atoms with Gasteiger partial charge in [0.1, 0.15) is 12.1 Å². The zero-order valence-electron chi connectivity index (χ0n) is 10.7. The summed E-state index contributed by atoms with van der Waals surface area (Å²) in [5.41, 5.74) is 4.99. The molecule has 8 heteroatoms. The molecule has 0 bridgehead atoms. The van der Waals surface area contributed by atoms with Crippen LogP contribution in [-0.2, 0) is 14.3 Å². The first-order valence-corrected chi connectivity index (χ1v) is 6.74. The second kappa shape index (κ2) is 8.62. The molecule has 7 nitrogen and oxygen atoms in total. The van der Waals surface area contributed by atoms with Gasteiger partial charge in [-0.2, -0.15) is 11.8 Å². The van der Waals surface area contributed by atoms with Gasteiger partial charge in [0.25, 0.3) is 0 Å². The van der Waals surface area contributed by atoms with Gasteiger partial charge in [-0.05, 0) is 25.4 Å². The summed E-state index contributed by atoms with van der Waals surface area (Å²) in [6.45, 7) is 1.50. The Balaban J connectivity index is 4.44. The van der Waals surface area contributed by atoms with Crippen LogP contribution in [0.4, 0.5) is 4.79 Å². The van der Waals surface area contributed by atoms with Crippen LogP contribution in [0.1, 0.15) is 13.3 Å². The monoisotopic (exact) mass is 277 g/mol. The van der Waals surface area contributed by atoms with Crippen molar-refractivity contribution in [2.24, 2.45) is 5.73 Å². The Labute approximate surface area is 110 Å². The van der Waals surface area contributed by atoms with Crippen molar-refractivity contribution in [3.63, 3.8) is 0 Å². The quantitative estimate of drug-likeness (QED) is 0.541. The van der Waals surface area contributed by atoms with Gasteiger partial charge in [0.2, 0.25) is 5.91 Å². The van der Waals surface area contributed by atoms with Gasteiger partial charge in [-0.1, -0.05) is 0 Å². The topological polar surface area (TPSA) is 111 Å². The van der Waals surface area contributed by atoms with Crippen LogP contribution in [0.2, 0.25) is 0 Å². The SMILES string of the molecule is COC(=O)C(C)NC(=O)C(CCSC)NC(N)=O. The van der Waals surface area contributed by atoms with Gasteiger partial charge >= 0.3 is 12.0 Å². The second-order valence-corrected chi connectivity index (χ2v) is 4.58. The first-order chi connectivity index (χ1) is 8.42. The normalized spacial score (nSPS) is 13.3. The van der Waals surface area contributed by atoms with Crippen molar-refractivity contribution in [3.8, 4) is 0 Å². The molecule has 0 radical (unpaired) electrons. The second-order valence-electron chi connectivity index (χ2n) is 3.60. The molecule has 18 heavy (non-hydrogen) atoms. The van der Waals surface area contributed by atoms with Crippen LogP contribution in [-0.4, -0.2) is 49.1 Å². The third-order valence-electron chi connectivity index (χ3n) is 2.16. The summed E-state index contributed by atoms with van der Waals surface area (Å²) >= 11 is 1.54. The van der Waals surface area contributed by atoms with E-state index in [-0.39, 0.29) is 0 Å². The lowest BCUT2D eigenvalue weighted by atomic mass is 10.2. The fraction of sp³-hybridized carbons (Fsp3) is 0.700. The summed E-state index contributed by atoms with van der Waals surface area (Å²) in [6, 6.07) is -2.29. The molecule has 0 fully saturated rings. The molecule has 0 aliphatic rings. The molecule has 0 aromatic heterocycles. The summed E-state index contributed by atoms with van der Waals surface area (Å²) in [6.07, 6.45) is 2.32. The minimum atomic E-state index is -0.776. The highest BCUT2D eigenvalue weighted by atomic mass is 32.2. The van der Waals surface area contributed by atoms with Crippen LogP contribution in [0.15, 0.2) is 0 Å². The fourth-order valence-electron chi connectivity index (χ4n) is 1.23. The molecule has 0 rings (SSSR count). The zero-order valence-corrected chi connectivity index (χ0v) is 11.5. The molecular weight excluding hydrogens is 258 g/mol. The maximum Gasteiger partial charge on any atom is 0.328 e. The van der Waals surface area contributed by atoms with Crippen LogP contribution in [0.3, 0.4) is 0 Å². The van der Waals surface area contributed by atoms with Crippen LogP contribution in [0.5, 0.6) is 0 Å². The number of urea groups is 1. The van der Waals surface area contributed by atoms with Crippen molar-refractivity contribution in [3.05, 3.63) is 0 Å². The average molecular weight is 277 g/mol. The van der Waals surface area contributed by atoms with E-state index in [1.54, 1.807) is 11.8 Å². The third-order valence-corrected chi connectivity index (χ3v) is 2.80. The van der Waals surface area contributed by atoms with Crippen molar-refractivity contribution in [2.75, 3.05) is 19.1 Å². The van der Waals surface area contributed by atoms with Crippen LogP contribution >= 0.6 is 11.8 Å². The lowest BCUT2D eigenvalue weighted by Gasteiger charge is -2.19. The minimum Gasteiger partial charge on any atom is -0.467 e. The van der Waals surface area contributed by atoms with E-state index >= 15 is 0 Å². The number of hydrogen-bond acceptors (Lipinski definition) is 5. The van der Waals surface area contributed by atoms with E-state index in [2.05, 4.69) is 15.4 Å². The molecule has 4 N–H and O–H groups in total. The highest BCUT2D eigenvalue weighted by Crippen LogP contribution is 2.01. The highest BCUT2D eigenvalue weighted by Gasteiger charge is 2.23. The Morgan fingerprint density at radius 2 is 1.94 bits per heavy atom. The van der Waals surface area contributed by atoms with Crippen molar-refractivity contribution in [1.82, 2.24) is 10.6 Å². The summed E-state index contributed by atoms with van der Waals surface area (Å²) < 4.78 is 4.49. The molecular formula is C10H19N3O4S. The number of esters is 1. The number of thioether (sulfide) groups is 1. The van der Waals surface area contributed by atoms with Gasteiger partial charge < -0.3 is 21.1 Å². The number of nitrogens with two attached hydrogens (primary N) is 1. The number of nitrogens with one attached hydrogen (secondary N) is 2. The van der Waals surface area contributed by atoms with E-state index in [0.29, 0.717) is 12.2 Å². The maximum atomic E-state index is 11.8. The van der Waals surface area contributed by atoms with Crippen molar-refractivity contribution < 1.29 is 19.1 Å². The number of primary amides is 1. The van der Waals surface area contributed by atoms with E-state index in [9.17, 15) is 14.4 Å². The Bertz CT molecular complexity index is 311. The summed E-state index contributed by atoms with van der Waals surface area (Å²) in [7, 11) is 1.23. The average Bonchev–Trinajstić information content (AvgIpc) is 2.32. The summed E-state index contributed by atoms with van der Waals surface area (Å²) in [5, 5.41) is 4.79. The summed E-state index contributed by atoms with van der Waals surface area (Å²) in [4.78, 5) is 33.8. The number of carbonyl (C=O) groups excluding carboxylic acids is 3. The zero-order chi connectivity index (χ0) is 14.1. The van der Waals surface area contributed by atoms with E-state index < -0.39 is 30.0 Å². The molecule has 0 heterocycles. The van der Waals surface area contributed by atoms with Crippen molar-refractivity contribution >= 4 is 29.7 Å². The van der Waals surface area contributed by atoms with Gasteiger partial charge in [0.05, 0.1) is 7.11 Å². The van der Waals surface area contributed by atoms with E-state index in [1.807, 2.05) is 6.26 Å². The number of carbonyl (C=O) groups is 3. The first-order valence-electron chi connectivity index (χ1n) is 5.35. The number of amides is 3. The van der Waals surface area contributed by atoms with Gasteiger partial charge in [-0.3, -0.25) is 4.79 Å². The predicted molar refractivity (Wildman–Crippen MR) is 69.1 cm³/mol. The summed E-state index contributed by atoms with van der Waals surface area (Å²) in [5.74, 6) is -0.322. The highest BCUT2D eigenvalue weighted by molar-refractivity contribution is 7.98. The van der Waals surface area contributed by atoms with Crippen LogP contribution in [0.25, 0.3) is 0 Å². The molecule has 0 aliphatic carbocycles. The lowest BCUT2D eigenvalue weighted by molar-refractivity contribution is -0.144. The van der Waals surface area contributed by atoms with Crippen LogP contribution < -0.4 is 16.4 Å². The van der Waals surface area contributed by atoms with Gasteiger partial charge in [0, 0.05) is 0 Å². The Morgan fingerprint density at radius 3 is 2.39 bits per heavy atom. The molecule has 3 amide bonds. The Hall–Kier alpha value is -1.44. The number of rotatable bonds is 7. The smallest absolute Gasteiger partial charge is 0.328 e. The lowest BCUT2D eigenvalue weighted by Crippen LogP contribution is -2.52. The van der Waals surface area contributed by atoms with E-state index in [4.69, 9.17) is 5.73 Å². The standard InChI is InChI=1S/C10H19N3O4S/c1-6(9(15)17-2)12-8(14)7(4-5-18-3)13-10(11)16/h6-7H,4-5H2,1-3H3,(H,12,14)(H3,11,13,16).